The fourth-order valence-corrected chi connectivity index (χ4v) is 2.00. The maximum absolute atomic E-state index is 10.0. The zero-order valence-electron chi connectivity index (χ0n) is 9.52. The van der Waals surface area contributed by atoms with Gasteiger partial charge < -0.3 is 9.84 Å². The normalized spacial score (nSPS) is 25.2. The molecule has 0 saturated heterocycles. The summed E-state index contributed by atoms with van der Waals surface area (Å²) in [5, 5.41) is 10.0. The second kappa shape index (κ2) is 4.76. The third-order valence-electron chi connectivity index (χ3n) is 2.86. The molecule has 0 spiro atoms. The van der Waals surface area contributed by atoms with Gasteiger partial charge in [-0.05, 0) is 31.1 Å². The first kappa shape index (κ1) is 11.3. The molecular formula is C13H17NO2. The van der Waals surface area contributed by atoms with Crippen molar-refractivity contribution in [2.24, 2.45) is 0 Å². The monoisotopic (exact) mass is 219 g/mol. The molecule has 2 rings (SSSR count). The summed E-state index contributed by atoms with van der Waals surface area (Å²) in [4.78, 5) is 4.31. The van der Waals surface area contributed by atoms with Gasteiger partial charge in [-0.1, -0.05) is 12.1 Å². The van der Waals surface area contributed by atoms with Crippen LogP contribution in [0.1, 0.15) is 31.9 Å². The van der Waals surface area contributed by atoms with E-state index < -0.39 is 5.79 Å². The van der Waals surface area contributed by atoms with Crippen molar-refractivity contribution in [1.29, 1.82) is 0 Å². The minimum atomic E-state index is -0.965. The lowest BCUT2D eigenvalue weighted by Gasteiger charge is -2.30. The Labute approximate surface area is 95.8 Å². The Morgan fingerprint density at radius 1 is 1.50 bits per heavy atom. The highest BCUT2D eigenvalue weighted by Crippen LogP contribution is 2.32. The van der Waals surface area contributed by atoms with Crippen LogP contribution >= 0.6 is 0 Å². The topological polar surface area (TPSA) is 42.4 Å². The van der Waals surface area contributed by atoms with Crippen LogP contribution in [0.5, 0.6) is 0 Å². The molecule has 0 fully saturated rings. The molecule has 0 aliphatic heterocycles. The molecule has 1 heterocycles. The molecule has 1 unspecified atom stereocenters. The number of ether oxygens (including phenoxy) is 1. The average molecular weight is 219 g/mol. The van der Waals surface area contributed by atoms with Gasteiger partial charge >= 0.3 is 0 Å². The fraction of sp³-hybridized carbons (Fsp3) is 0.462. The van der Waals surface area contributed by atoms with E-state index in [-0.39, 0.29) is 0 Å². The molecule has 0 radical (unpaired) electrons. The molecule has 16 heavy (non-hydrogen) atoms. The van der Waals surface area contributed by atoms with Crippen molar-refractivity contribution in [3.8, 4) is 0 Å². The van der Waals surface area contributed by atoms with Gasteiger partial charge in [0.1, 0.15) is 0 Å². The highest BCUT2D eigenvalue weighted by atomic mass is 16.6. The quantitative estimate of drug-likeness (QED) is 0.794. The summed E-state index contributed by atoms with van der Waals surface area (Å²) in [6.45, 7) is 2.44. The van der Waals surface area contributed by atoms with E-state index >= 15 is 0 Å². The van der Waals surface area contributed by atoms with Crippen molar-refractivity contribution in [3.05, 3.63) is 36.2 Å². The summed E-state index contributed by atoms with van der Waals surface area (Å²) in [5.41, 5.74) is 2.20. The molecule has 1 atom stereocenters. The van der Waals surface area contributed by atoms with Crippen molar-refractivity contribution >= 4 is 5.57 Å². The Balaban J connectivity index is 2.09. The van der Waals surface area contributed by atoms with Crippen LogP contribution in [0.4, 0.5) is 0 Å². The van der Waals surface area contributed by atoms with E-state index in [1.165, 1.54) is 5.57 Å². The average Bonchev–Trinajstić information content (AvgIpc) is 2.31. The van der Waals surface area contributed by atoms with Gasteiger partial charge in [0.25, 0.3) is 0 Å². The van der Waals surface area contributed by atoms with E-state index in [9.17, 15) is 5.11 Å². The Hall–Kier alpha value is -1.19. The van der Waals surface area contributed by atoms with Crippen molar-refractivity contribution in [2.75, 3.05) is 6.61 Å². The molecule has 1 N–H and O–H groups in total. The van der Waals surface area contributed by atoms with Crippen LogP contribution in [-0.4, -0.2) is 22.5 Å². The van der Waals surface area contributed by atoms with Gasteiger partial charge in [0, 0.05) is 25.6 Å². The lowest BCUT2D eigenvalue weighted by molar-refractivity contribution is -0.202. The molecule has 0 aromatic carbocycles. The number of hydrogen-bond donors (Lipinski definition) is 1. The first-order valence-electron chi connectivity index (χ1n) is 5.70. The van der Waals surface area contributed by atoms with E-state index in [0.29, 0.717) is 19.4 Å². The number of pyridine rings is 1. The number of aromatic nitrogens is 1. The molecule has 1 aromatic heterocycles. The number of hydrogen-bond acceptors (Lipinski definition) is 3. The molecule has 3 heteroatoms. The van der Waals surface area contributed by atoms with Gasteiger partial charge in [-0.25, -0.2) is 0 Å². The summed E-state index contributed by atoms with van der Waals surface area (Å²) < 4.78 is 5.35. The van der Waals surface area contributed by atoms with Gasteiger partial charge in [0.15, 0.2) is 5.79 Å². The second-order valence-electron chi connectivity index (χ2n) is 4.03. The van der Waals surface area contributed by atoms with E-state index in [0.717, 1.165) is 12.1 Å². The lowest BCUT2D eigenvalue weighted by Crippen LogP contribution is -2.33. The van der Waals surface area contributed by atoms with E-state index in [4.69, 9.17) is 4.74 Å². The number of aliphatic hydroxyl groups is 1. The number of nitrogens with zero attached hydrogens (tertiary/aromatic N) is 1. The predicted molar refractivity (Wildman–Crippen MR) is 62.6 cm³/mol. The lowest BCUT2D eigenvalue weighted by atomic mass is 9.92. The van der Waals surface area contributed by atoms with Gasteiger partial charge in [-0.15, -0.1) is 0 Å². The summed E-state index contributed by atoms with van der Waals surface area (Å²) in [5.74, 6) is -0.965. The van der Waals surface area contributed by atoms with E-state index in [1.54, 1.807) is 6.20 Å². The molecule has 86 valence electrons. The molecule has 1 aromatic rings. The minimum absolute atomic E-state index is 0.545. The maximum Gasteiger partial charge on any atom is 0.169 e. The van der Waals surface area contributed by atoms with Gasteiger partial charge in [0.2, 0.25) is 0 Å². The summed E-state index contributed by atoms with van der Waals surface area (Å²) >= 11 is 0. The molecule has 1 aliphatic rings. The van der Waals surface area contributed by atoms with Gasteiger partial charge in [0.05, 0.1) is 5.69 Å². The SMILES string of the molecule is CCOC1(O)CC=C(c2ccccn2)CC1. The zero-order valence-corrected chi connectivity index (χ0v) is 9.52. The Kier molecular flexibility index (Phi) is 3.36. The fourth-order valence-electron chi connectivity index (χ4n) is 2.00. The summed E-state index contributed by atoms with van der Waals surface area (Å²) in [7, 11) is 0. The Bertz CT molecular complexity index is 375. The molecule has 3 nitrogen and oxygen atoms in total. The smallest absolute Gasteiger partial charge is 0.169 e. The molecule has 0 bridgehead atoms. The highest BCUT2D eigenvalue weighted by Gasteiger charge is 2.29. The van der Waals surface area contributed by atoms with Crippen LogP contribution in [0.2, 0.25) is 0 Å². The molecule has 0 amide bonds. The third kappa shape index (κ3) is 2.49. The molecule has 1 aliphatic carbocycles. The second-order valence-corrected chi connectivity index (χ2v) is 4.03. The number of rotatable bonds is 3. The van der Waals surface area contributed by atoms with Crippen molar-refractivity contribution in [1.82, 2.24) is 4.98 Å². The van der Waals surface area contributed by atoms with Crippen LogP contribution in [0.25, 0.3) is 5.57 Å². The van der Waals surface area contributed by atoms with Crippen molar-refractivity contribution in [2.45, 2.75) is 32.0 Å². The van der Waals surface area contributed by atoms with E-state index in [2.05, 4.69) is 4.98 Å². The first-order valence-corrected chi connectivity index (χ1v) is 5.70. The van der Waals surface area contributed by atoms with Crippen LogP contribution < -0.4 is 0 Å². The maximum atomic E-state index is 10.0. The highest BCUT2D eigenvalue weighted by molar-refractivity contribution is 5.63. The van der Waals surface area contributed by atoms with Gasteiger partial charge in [-0.2, -0.15) is 0 Å². The standard InChI is InChI=1S/C13H17NO2/c1-2-16-13(15)8-6-11(7-9-13)12-5-3-4-10-14-12/h3-6,10,15H,2,7-9H2,1H3. The van der Waals surface area contributed by atoms with Crippen LogP contribution in [0.15, 0.2) is 30.5 Å². The largest absolute Gasteiger partial charge is 0.365 e. The summed E-state index contributed by atoms with van der Waals surface area (Å²) in [6, 6.07) is 5.88. The Morgan fingerprint density at radius 2 is 2.38 bits per heavy atom. The van der Waals surface area contributed by atoms with Crippen molar-refractivity contribution < 1.29 is 9.84 Å². The molecular weight excluding hydrogens is 202 g/mol. The Morgan fingerprint density at radius 3 is 2.94 bits per heavy atom. The summed E-state index contributed by atoms with van der Waals surface area (Å²) in [6.07, 6.45) is 5.82. The predicted octanol–water partition coefficient (Wildman–Crippen LogP) is 2.37. The third-order valence-corrected chi connectivity index (χ3v) is 2.86. The minimum Gasteiger partial charge on any atom is -0.365 e. The number of allylic oxidation sites excluding steroid dienone is 1. The first-order chi connectivity index (χ1) is 7.73. The zero-order chi connectivity index (χ0) is 11.4. The van der Waals surface area contributed by atoms with Crippen LogP contribution in [0, 0.1) is 0 Å². The van der Waals surface area contributed by atoms with Crippen LogP contribution in [0.3, 0.4) is 0 Å². The van der Waals surface area contributed by atoms with Crippen LogP contribution in [-0.2, 0) is 4.74 Å². The van der Waals surface area contributed by atoms with Crippen molar-refractivity contribution in [3.63, 3.8) is 0 Å². The molecule has 0 saturated carbocycles. The van der Waals surface area contributed by atoms with Gasteiger partial charge in [-0.3, -0.25) is 4.98 Å². The van der Waals surface area contributed by atoms with E-state index in [1.807, 2.05) is 31.2 Å².